The summed E-state index contributed by atoms with van der Waals surface area (Å²) < 4.78 is 12.3. The minimum absolute atomic E-state index is 0.0603. The van der Waals surface area contributed by atoms with E-state index >= 15 is 0 Å². The van der Waals surface area contributed by atoms with Crippen LogP contribution in [0.25, 0.3) is 0 Å². The van der Waals surface area contributed by atoms with Crippen molar-refractivity contribution >= 4 is 0 Å². The maximum absolute atomic E-state index is 9.78. The van der Waals surface area contributed by atoms with Gasteiger partial charge in [-0.25, -0.2) is 0 Å². The van der Waals surface area contributed by atoms with Gasteiger partial charge < -0.3 is 24.6 Å². The van der Waals surface area contributed by atoms with Gasteiger partial charge in [0.2, 0.25) is 5.88 Å². The van der Waals surface area contributed by atoms with Crippen molar-refractivity contribution in [1.82, 2.24) is 4.90 Å². The zero-order chi connectivity index (χ0) is 17.1. The van der Waals surface area contributed by atoms with Crippen molar-refractivity contribution < 1.29 is 19.7 Å². The van der Waals surface area contributed by atoms with E-state index in [9.17, 15) is 5.11 Å². The fraction of sp³-hybridized carbons (Fsp3) is 0.889. The van der Waals surface area contributed by atoms with Gasteiger partial charge in [-0.1, -0.05) is 27.7 Å². The van der Waals surface area contributed by atoms with Crippen molar-refractivity contribution in [3.63, 3.8) is 0 Å². The van der Waals surface area contributed by atoms with Gasteiger partial charge in [-0.15, -0.1) is 0 Å². The summed E-state index contributed by atoms with van der Waals surface area (Å²) in [5, 5.41) is 18.8. The third kappa shape index (κ3) is 4.54. The van der Waals surface area contributed by atoms with Crippen LogP contribution in [0.5, 0.6) is 0 Å². The highest BCUT2D eigenvalue weighted by Crippen LogP contribution is 2.45. The molecular weight excluding hydrogens is 294 g/mol. The summed E-state index contributed by atoms with van der Waals surface area (Å²) in [4.78, 5) is 1.74. The molecule has 2 fully saturated rings. The zero-order valence-corrected chi connectivity index (χ0v) is 15.0. The summed E-state index contributed by atoms with van der Waals surface area (Å²) in [6.07, 6.45) is 5.74. The number of nitrogens with zero attached hydrogens (tertiary/aromatic N) is 1. The average molecular weight is 327 g/mol. The van der Waals surface area contributed by atoms with Crippen LogP contribution >= 0.6 is 0 Å². The molecule has 1 aliphatic heterocycles. The smallest absolute Gasteiger partial charge is 0.222 e. The summed E-state index contributed by atoms with van der Waals surface area (Å²) in [5.74, 6) is 0.188. The fourth-order valence-electron chi connectivity index (χ4n) is 3.79. The summed E-state index contributed by atoms with van der Waals surface area (Å²) in [6.45, 7) is 10.7. The fourth-order valence-corrected chi connectivity index (χ4v) is 3.79. The van der Waals surface area contributed by atoms with Crippen LogP contribution in [0.1, 0.15) is 59.8 Å². The summed E-state index contributed by atoms with van der Waals surface area (Å²) in [6, 6.07) is 0. The Labute approximate surface area is 140 Å². The Morgan fingerprint density at radius 2 is 1.96 bits per heavy atom. The lowest BCUT2D eigenvalue weighted by molar-refractivity contribution is -0.197. The Hall–Kier alpha value is -0.940. The molecule has 1 saturated heterocycles. The van der Waals surface area contributed by atoms with E-state index < -0.39 is 5.79 Å². The molecule has 5 heteroatoms. The van der Waals surface area contributed by atoms with Crippen molar-refractivity contribution in [1.29, 1.82) is 0 Å². The van der Waals surface area contributed by atoms with E-state index in [0.29, 0.717) is 25.1 Å². The third-order valence-corrected chi connectivity index (χ3v) is 5.24. The number of hydrogen-bond donors (Lipinski definition) is 2. The molecule has 0 aromatic carbocycles. The molecular formula is C18H33NO4. The molecule has 1 saturated carbocycles. The number of rotatable bonds is 5. The minimum Gasteiger partial charge on any atom is -0.510 e. The van der Waals surface area contributed by atoms with Gasteiger partial charge in [0.25, 0.3) is 0 Å². The quantitative estimate of drug-likeness (QED) is 0.748. The van der Waals surface area contributed by atoms with E-state index in [4.69, 9.17) is 14.6 Å². The molecule has 1 atom stereocenters. The second-order valence-corrected chi connectivity index (χ2v) is 8.04. The van der Waals surface area contributed by atoms with Gasteiger partial charge in [0.15, 0.2) is 5.79 Å². The normalized spacial score (nSPS) is 32.4. The molecule has 0 amide bonds. The SMILES string of the molecule is CCCN(CC1COC2(CCC(C(C)(C)C)CC2)O1)/C(O)=C/O. The van der Waals surface area contributed by atoms with E-state index in [0.717, 1.165) is 44.3 Å². The number of hydrogen-bond acceptors (Lipinski definition) is 5. The summed E-state index contributed by atoms with van der Waals surface area (Å²) in [5.41, 5.74) is 0.343. The molecule has 0 aromatic rings. The third-order valence-electron chi connectivity index (χ3n) is 5.24. The van der Waals surface area contributed by atoms with Gasteiger partial charge in [0.1, 0.15) is 12.4 Å². The highest BCUT2D eigenvalue weighted by molar-refractivity contribution is 4.91. The molecule has 0 radical (unpaired) electrons. The Bertz CT molecular complexity index is 408. The van der Waals surface area contributed by atoms with Gasteiger partial charge in [-0.2, -0.15) is 0 Å². The van der Waals surface area contributed by atoms with Crippen LogP contribution in [-0.2, 0) is 9.47 Å². The first-order chi connectivity index (χ1) is 10.8. The number of ether oxygens (including phenoxy) is 2. The monoisotopic (exact) mass is 327 g/mol. The van der Waals surface area contributed by atoms with E-state index in [2.05, 4.69) is 20.8 Å². The van der Waals surface area contributed by atoms with Gasteiger partial charge in [0.05, 0.1) is 6.61 Å². The van der Waals surface area contributed by atoms with E-state index in [1.165, 1.54) is 0 Å². The minimum atomic E-state index is -0.428. The van der Waals surface area contributed by atoms with Crippen LogP contribution in [0, 0.1) is 11.3 Å². The van der Waals surface area contributed by atoms with E-state index in [1.54, 1.807) is 4.90 Å². The Balaban J connectivity index is 1.89. The largest absolute Gasteiger partial charge is 0.510 e. The molecule has 1 unspecified atom stereocenters. The Kier molecular flexibility index (Phi) is 5.84. The second kappa shape index (κ2) is 7.31. The lowest BCUT2D eigenvalue weighted by Gasteiger charge is -2.41. The zero-order valence-electron chi connectivity index (χ0n) is 15.0. The van der Waals surface area contributed by atoms with Gasteiger partial charge in [-0.3, -0.25) is 0 Å². The first-order valence-electron chi connectivity index (χ1n) is 8.90. The Morgan fingerprint density at radius 1 is 1.30 bits per heavy atom. The van der Waals surface area contributed by atoms with Crippen molar-refractivity contribution in [2.75, 3.05) is 19.7 Å². The van der Waals surface area contributed by atoms with Crippen LogP contribution in [0.3, 0.4) is 0 Å². The maximum Gasteiger partial charge on any atom is 0.222 e. The molecule has 5 nitrogen and oxygen atoms in total. The molecule has 0 aromatic heterocycles. The molecule has 134 valence electrons. The number of aliphatic hydroxyl groups is 2. The van der Waals surface area contributed by atoms with E-state index in [-0.39, 0.29) is 12.0 Å². The first kappa shape index (κ1) is 18.4. The Morgan fingerprint density at radius 3 is 2.48 bits per heavy atom. The van der Waals surface area contributed by atoms with E-state index in [1.807, 2.05) is 6.92 Å². The maximum atomic E-state index is 9.78. The molecule has 1 aliphatic carbocycles. The van der Waals surface area contributed by atoms with Crippen LogP contribution < -0.4 is 0 Å². The summed E-state index contributed by atoms with van der Waals surface area (Å²) in [7, 11) is 0. The van der Waals surface area contributed by atoms with Crippen molar-refractivity contribution in [3.05, 3.63) is 12.1 Å². The van der Waals surface area contributed by atoms with Crippen LogP contribution in [-0.4, -0.2) is 46.7 Å². The summed E-state index contributed by atoms with van der Waals surface area (Å²) >= 11 is 0. The average Bonchev–Trinajstić information content (AvgIpc) is 2.88. The lowest BCUT2D eigenvalue weighted by Crippen LogP contribution is -2.40. The predicted octanol–water partition coefficient (Wildman–Crippen LogP) is 3.96. The molecule has 0 bridgehead atoms. The van der Waals surface area contributed by atoms with Gasteiger partial charge >= 0.3 is 0 Å². The van der Waals surface area contributed by atoms with Gasteiger partial charge in [0, 0.05) is 25.9 Å². The van der Waals surface area contributed by atoms with Crippen molar-refractivity contribution in [3.8, 4) is 0 Å². The number of aliphatic hydroxyl groups excluding tert-OH is 2. The van der Waals surface area contributed by atoms with Crippen LogP contribution in [0.2, 0.25) is 0 Å². The molecule has 1 spiro atoms. The second-order valence-electron chi connectivity index (χ2n) is 8.04. The molecule has 2 aliphatic rings. The molecule has 2 N–H and O–H groups in total. The molecule has 2 rings (SSSR count). The molecule has 23 heavy (non-hydrogen) atoms. The van der Waals surface area contributed by atoms with Crippen LogP contribution in [0.15, 0.2) is 12.1 Å². The standard InChI is InChI=1S/C18H33NO4/c1-5-10-19(16(21)12-20)11-15-13-22-18(23-15)8-6-14(7-9-18)17(2,3)4/h12,14-15,20-21H,5-11,13H2,1-4H3/b16-12-. The van der Waals surface area contributed by atoms with Crippen molar-refractivity contribution in [2.45, 2.75) is 71.7 Å². The highest BCUT2D eigenvalue weighted by Gasteiger charge is 2.46. The highest BCUT2D eigenvalue weighted by atomic mass is 16.7. The van der Waals surface area contributed by atoms with Crippen molar-refractivity contribution in [2.24, 2.45) is 11.3 Å². The lowest BCUT2D eigenvalue weighted by atomic mass is 9.71. The topological polar surface area (TPSA) is 62.2 Å². The molecule has 1 heterocycles. The first-order valence-corrected chi connectivity index (χ1v) is 8.90. The van der Waals surface area contributed by atoms with Crippen LogP contribution in [0.4, 0.5) is 0 Å². The predicted molar refractivity (Wildman–Crippen MR) is 90.2 cm³/mol. The van der Waals surface area contributed by atoms with Gasteiger partial charge in [-0.05, 0) is 30.6 Å².